The van der Waals surface area contributed by atoms with E-state index in [0.717, 1.165) is 22.2 Å². The van der Waals surface area contributed by atoms with Crippen LogP contribution in [0.3, 0.4) is 0 Å². The second kappa shape index (κ2) is 8.33. The lowest BCUT2D eigenvalue weighted by Crippen LogP contribution is -2.04. The minimum Gasteiger partial charge on any atom is -0.346 e. The molecule has 29 heavy (non-hydrogen) atoms. The van der Waals surface area contributed by atoms with Crippen LogP contribution in [0, 0.1) is 18.3 Å². The largest absolute Gasteiger partial charge is 0.346 e. The molecule has 6 nitrogen and oxygen atoms in total. The molecule has 144 valence electrons. The van der Waals surface area contributed by atoms with Crippen LogP contribution in [0.15, 0.2) is 66.2 Å². The van der Waals surface area contributed by atoms with Crippen LogP contribution in [0.1, 0.15) is 22.3 Å². The Balaban J connectivity index is 1.57. The lowest BCUT2D eigenvalue weighted by molar-refractivity contribution is 0.102. The molecule has 2 aromatic heterocycles. The van der Waals surface area contributed by atoms with Crippen molar-refractivity contribution < 1.29 is 4.79 Å². The number of fused-ring (bicyclic) bond motifs is 1. The first-order valence-corrected chi connectivity index (χ1v) is 10.2. The fourth-order valence-corrected chi connectivity index (χ4v) is 4.16. The maximum Gasteiger partial charge on any atom is 0.196 e. The second-order valence-corrected chi connectivity index (χ2v) is 7.59. The number of hydrogen-bond donors (Lipinski definition) is 0. The molecule has 0 unspecified atom stereocenters. The predicted molar refractivity (Wildman–Crippen MR) is 113 cm³/mol. The summed E-state index contributed by atoms with van der Waals surface area (Å²) < 4.78 is 3.88. The zero-order valence-corrected chi connectivity index (χ0v) is 16.8. The van der Waals surface area contributed by atoms with Gasteiger partial charge in [-0.15, -0.1) is 10.2 Å². The molecule has 0 aliphatic rings. The number of nitrogens with zero attached hydrogens (tertiary/aromatic N) is 5. The number of ketones is 1. The highest BCUT2D eigenvalue weighted by Gasteiger charge is 2.17. The number of carbonyl (C=O) groups excluding carboxylic acids is 1. The number of benzene rings is 2. The molecule has 7 heteroatoms. The standard InChI is InChI=1S/C22H19N5OS/c1-16-7-2-4-9-19(16)27-15-24-25-22(27)29-14-21(28)18-13-26(12-6-11-23)20-10-5-3-8-17(18)20/h2-5,7-10,13,15H,6,12,14H2,1H3. The molecule has 0 saturated heterocycles. The van der Waals surface area contributed by atoms with Crippen molar-refractivity contribution in [1.29, 1.82) is 5.26 Å². The number of aryl methyl sites for hydroxylation is 2. The predicted octanol–water partition coefficient (Wildman–Crippen LogP) is 4.42. The molecule has 0 aliphatic carbocycles. The summed E-state index contributed by atoms with van der Waals surface area (Å²) in [6, 6.07) is 18.0. The molecule has 0 N–H and O–H groups in total. The third-order valence-electron chi connectivity index (χ3n) is 4.78. The van der Waals surface area contributed by atoms with E-state index >= 15 is 0 Å². The molecule has 0 spiro atoms. The molecule has 2 heterocycles. The zero-order chi connectivity index (χ0) is 20.2. The van der Waals surface area contributed by atoms with Crippen molar-refractivity contribution in [3.63, 3.8) is 0 Å². The molecule has 0 amide bonds. The van der Waals surface area contributed by atoms with Crippen LogP contribution in [-0.2, 0) is 6.54 Å². The first-order valence-electron chi connectivity index (χ1n) is 9.26. The Hall–Kier alpha value is -3.37. The van der Waals surface area contributed by atoms with Gasteiger partial charge in [-0.1, -0.05) is 48.2 Å². The molecule has 0 radical (unpaired) electrons. The Morgan fingerprint density at radius 3 is 2.79 bits per heavy atom. The maximum absolute atomic E-state index is 13.0. The van der Waals surface area contributed by atoms with E-state index in [1.165, 1.54) is 11.8 Å². The van der Waals surface area contributed by atoms with Crippen LogP contribution in [0.4, 0.5) is 0 Å². The number of carbonyl (C=O) groups is 1. The van der Waals surface area contributed by atoms with E-state index in [9.17, 15) is 4.79 Å². The topological polar surface area (TPSA) is 76.5 Å². The summed E-state index contributed by atoms with van der Waals surface area (Å²) >= 11 is 1.37. The molecular formula is C22H19N5OS. The summed E-state index contributed by atoms with van der Waals surface area (Å²) in [5.74, 6) is 0.290. The Morgan fingerprint density at radius 1 is 1.17 bits per heavy atom. The van der Waals surface area contributed by atoms with Crippen molar-refractivity contribution in [2.24, 2.45) is 0 Å². The molecule has 0 atom stereocenters. The van der Waals surface area contributed by atoms with Gasteiger partial charge in [-0.2, -0.15) is 5.26 Å². The molecule has 0 saturated carbocycles. The smallest absolute Gasteiger partial charge is 0.196 e. The van der Waals surface area contributed by atoms with Crippen LogP contribution in [0.2, 0.25) is 0 Å². The molecular weight excluding hydrogens is 382 g/mol. The number of thioether (sulfide) groups is 1. The Kier molecular flexibility index (Phi) is 5.45. The van der Waals surface area contributed by atoms with E-state index in [2.05, 4.69) is 16.3 Å². The number of para-hydroxylation sites is 2. The number of rotatable bonds is 7. The lowest BCUT2D eigenvalue weighted by atomic mass is 10.1. The number of Topliss-reactive ketones (excluding diaryl/α,β-unsaturated/α-hetero) is 1. The SMILES string of the molecule is Cc1ccccc1-n1cnnc1SCC(=O)c1cn(CCC#N)c2ccccc12. The molecule has 0 fully saturated rings. The van der Waals surface area contributed by atoms with E-state index in [0.29, 0.717) is 23.7 Å². The van der Waals surface area contributed by atoms with Gasteiger partial charge in [0.05, 0.1) is 23.9 Å². The number of nitriles is 1. The van der Waals surface area contributed by atoms with E-state index in [4.69, 9.17) is 5.26 Å². The monoisotopic (exact) mass is 401 g/mol. The highest BCUT2D eigenvalue weighted by molar-refractivity contribution is 7.99. The molecule has 4 aromatic rings. The summed E-state index contributed by atoms with van der Waals surface area (Å²) in [5, 5.41) is 18.7. The summed E-state index contributed by atoms with van der Waals surface area (Å²) in [7, 11) is 0. The molecule has 0 bridgehead atoms. The van der Waals surface area contributed by atoms with E-state index in [1.54, 1.807) is 6.33 Å². The fraction of sp³-hybridized carbons (Fsp3) is 0.182. The first-order chi connectivity index (χ1) is 14.2. The van der Waals surface area contributed by atoms with Crippen LogP contribution in [-0.4, -0.2) is 30.9 Å². The van der Waals surface area contributed by atoms with Gasteiger partial charge in [0.25, 0.3) is 0 Å². The Labute approximate surface area is 172 Å². The van der Waals surface area contributed by atoms with Gasteiger partial charge in [-0.05, 0) is 24.6 Å². The third kappa shape index (κ3) is 3.80. The van der Waals surface area contributed by atoms with Gasteiger partial charge < -0.3 is 4.57 Å². The first kappa shape index (κ1) is 19.0. The quantitative estimate of drug-likeness (QED) is 0.338. The summed E-state index contributed by atoms with van der Waals surface area (Å²) in [6.45, 7) is 2.60. The molecule has 2 aromatic carbocycles. The van der Waals surface area contributed by atoms with E-state index < -0.39 is 0 Å². The molecule has 4 rings (SSSR count). The second-order valence-electron chi connectivity index (χ2n) is 6.64. The van der Waals surface area contributed by atoms with Gasteiger partial charge in [-0.25, -0.2) is 0 Å². The van der Waals surface area contributed by atoms with Gasteiger partial charge >= 0.3 is 0 Å². The highest BCUT2D eigenvalue weighted by Crippen LogP contribution is 2.26. The Morgan fingerprint density at radius 2 is 1.97 bits per heavy atom. The van der Waals surface area contributed by atoms with Gasteiger partial charge in [0.1, 0.15) is 6.33 Å². The maximum atomic E-state index is 13.0. The Bertz CT molecular complexity index is 1220. The number of aromatic nitrogens is 4. The van der Waals surface area contributed by atoms with Crippen molar-refractivity contribution in [2.45, 2.75) is 25.0 Å². The van der Waals surface area contributed by atoms with Crippen molar-refractivity contribution in [3.05, 3.63) is 72.2 Å². The minimum atomic E-state index is 0.0289. The van der Waals surface area contributed by atoms with Crippen LogP contribution in [0.25, 0.3) is 16.6 Å². The number of hydrogen-bond acceptors (Lipinski definition) is 5. The van der Waals surface area contributed by atoms with Crippen molar-refractivity contribution >= 4 is 28.4 Å². The van der Waals surface area contributed by atoms with Crippen molar-refractivity contribution in [3.8, 4) is 11.8 Å². The molecule has 0 aliphatic heterocycles. The highest BCUT2D eigenvalue weighted by atomic mass is 32.2. The normalized spacial score (nSPS) is 10.9. The summed E-state index contributed by atoms with van der Waals surface area (Å²) in [5.41, 5.74) is 3.76. The fourth-order valence-electron chi connectivity index (χ4n) is 3.35. The van der Waals surface area contributed by atoms with Gasteiger partial charge in [0, 0.05) is 29.2 Å². The summed E-state index contributed by atoms with van der Waals surface area (Å²) in [6.07, 6.45) is 3.93. The lowest BCUT2D eigenvalue weighted by Gasteiger charge is -2.08. The zero-order valence-electron chi connectivity index (χ0n) is 15.9. The van der Waals surface area contributed by atoms with Crippen LogP contribution in [0.5, 0.6) is 0 Å². The van der Waals surface area contributed by atoms with Crippen LogP contribution >= 0.6 is 11.8 Å². The van der Waals surface area contributed by atoms with E-state index in [1.807, 2.05) is 70.8 Å². The minimum absolute atomic E-state index is 0.0289. The average molecular weight is 401 g/mol. The van der Waals surface area contributed by atoms with Gasteiger partial charge in [0.15, 0.2) is 10.9 Å². The van der Waals surface area contributed by atoms with E-state index in [-0.39, 0.29) is 11.5 Å². The van der Waals surface area contributed by atoms with Crippen molar-refractivity contribution in [2.75, 3.05) is 5.75 Å². The van der Waals surface area contributed by atoms with Crippen LogP contribution < -0.4 is 0 Å². The summed E-state index contributed by atoms with van der Waals surface area (Å²) in [4.78, 5) is 13.0. The van der Waals surface area contributed by atoms with Gasteiger partial charge in [-0.3, -0.25) is 9.36 Å². The van der Waals surface area contributed by atoms with Crippen molar-refractivity contribution in [1.82, 2.24) is 19.3 Å². The third-order valence-corrected chi connectivity index (χ3v) is 5.72. The van der Waals surface area contributed by atoms with Gasteiger partial charge in [0.2, 0.25) is 0 Å². The average Bonchev–Trinajstić information content (AvgIpc) is 3.35.